The monoisotopic (exact) mass is 323 g/mol. The van der Waals surface area contributed by atoms with Crippen molar-refractivity contribution in [2.75, 3.05) is 26.2 Å². The van der Waals surface area contributed by atoms with Crippen LogP contribution in [0.4, 0.5) is 8.78 Å². The Bertz CT molecular complexity index is 569. The standard InChI is InChI=1S/C17H23F2N3O/c1-12(17(23)20-14-5-6-14)22-9-7-21(8-10-22)11-13-3-2-4-15(18)16(13)19/h2-4,12,14H,5-11H2,1H3,(H,20,23). The molecule has 126 valence electrons. The summed E-state index contributed by atoms with van der Waals surface area (Å²) in [6.07, 6.45) is 2.18. The highest BCUT2D eigenvalue weighted by molar-refractivity contribution is 5.81. The second-order valence-corrected chi connectivity index (χ2v) is 6.48. The van der Waals surface area contributed by atoms with Crippen molar-refractivity contribution < 1.29 is 13.6 Å². The van der Waals surface area contributed by atoms with Crippen LogP contribution < -0.4 is 5.32 Å². The number of piperazine rings is 1. The molecule has 4 nitrogen and oxygen atoms in total. The molecule has 0 aromatic heterocycles. The van der Waals surface area contributed by atoms with Crippen molar-refractivity contribution in [3.05, 3.63) is 35.4 Å². The van der Waals surface area contributed by atoms with E-state index in [2.05, 4.69) is 15.1 Å². The van der Waals surface area contributed by atoms with Crippen LogP contribution in [-0.4, -0.2) is 54.0 Å². The third-order valence-electron chi connectivity index (χ3n) is 4.68. The summed E-state index contributed by atoms with van der Waals surface area (Å²) < 4.78 is 27.0. The Hall–Kier alpha value is -1.53. The van der Waals surface area contributed by atoms with Crippen molar-refractivity contribution in [2.24, 2.45) is 0 Å². The van der Waals surface area contributed by atoms with Crippen LogP contribution in [0.15, 0.2) is 18.2 Å². The van der Waals surface area contributed by atoms with Gasteiger partial charge in [-0.05, 0) is 25.8 Å². The smallest absolute Gasteiger partial charge is 0.237 e. The summed E-state index contributed by atoms with van der Waals surface area (Å²) in [6.45, 7) is 5.35. The largest absolute Gasteiger partial charge is 0.352 e. The summed E-state index contributed by atoms with van der Waals surface area (Å²) in [5.41, 5.74) is 0.387. The summed E-state index contributed by atoms with van der Waals surface area (Å²) in [7, 11) is 0. The van der Waals surface area contributed by atoms with Crippen LogP contribution in [0.1, 0.15) is 25.3 Å². The third kappa shape index (κ3) is 4.06. The Morgan fingerprint density at radius 3 is 2.61 bits per heavy atom. The number of halogens is 2. The number of hydrogen-bond acceptors (Lipinski definition) is 3. The van der Waals surface area contributed by atoms with Crippen LogP contribution in [0.3, 0.4) is 0 Å². The lowest BCUT2D eigenvalue weighted by molar-refractivity contribution is -0.126. The van der Waals surface area contributed by atoms with E-state index < -0.39 is 11.6 Å². The fourth-order valence-electron chi connectivity index (χ4n) is 2.94. The molecule has 1 N–H and O–H groups in total. The van der Waals surface area contributed by atoms with Gasteiger partial charge in [0.2, 0.25) is 5.91 Å². The summed E-state index contributed by atoms with van der Waals surface area (Å²) in [5.74, 6) is -1.46. The van der Waals surface area contributed by atoms with E-state index >= 15 is 0 Å². The van der Waals surface area contributed by atoms with Gasteiger partial charge >= 0.3 is 0 Å². The molecule has 3 rings (SSSR count). The van der Waals surface area contributed by atoms with Gasteiger partial charge in [0.05, 0.1) is 6.04 Å². The Balaban J connectivity index is 1.49. The van der Waals surface area contributed by atoms with Gasteiger partial charge < -0.3 is 5.32 Å². The van der Waals surface area contributed by atoms with Crippen LogP contribution in [0.25, 0.3) is 0 Å². The van der Waals surface area contributed by atoms with E-state index in [0.29, 0.717) is 18.2 Å². The molecule has 0 spiro atoms. The summed E-state index contributed by atoms with van der Waals surface area (Å²) in [4.78, 5) is 16.3. The van der Waals surface area contributed by atoms with E-state index in [1.165, 1.54) is 6.07 Å². The van der Waals surface area contributed by atoms with Crippen LogP contribution in [0, 0.1) is 11.6 Å². The zero-order valence-corrected chi connectivity index (χ0v) is 13.4. The Kier molecular flexibility index (Phi) is 4.92. The van der Waals surface area contributed by atoms with E-state index in [-0.39, 0.29) is 11.9 Å². The number of rotatable bonds is 5. The molecule has 0 radical (unpaired) electrons. The first-order valence-electron chi connectivity index (χ1n) is 8.24. The van der Waals surface area contributed by atoms with Gasteiger partial charge in [-0.3, -0.25) is 14.6 Å². The summed E-state index contributed by atoms with van der Waals surface area (Å²) in [5, 5.41) is 3.03. The van der Waals surface area contributed by atoms with E-state index in [1.807, 2.05) is 6.92 Å². The molecular weight excluding hydrogens is 300 g/mol. The molecule has 1 unspecified atom stereocenters. The number of hydrogen-bond donors (Lipinski definition) is 1. The topological polar surface area (TPSA) is 35.6 Å². The van der Waals surface area contributed by atoms with Gasteiger partial charge in [0.25, 0.3) is 0 Å². The summed E-state index contributed by atoms with van der Waals surface area (Å²) >= 11 is 0. The van der Waals surface area contributed by atoms with Crippen LogP contribution >= 0.6 is 0 Å². The van der Waals surface area contributed by atoms with Gasteiger partial charge in [0.1, 0.15) is 0 Å². The van der Waals surface area contributed by atoms with Crippen molar-refractivity contribution in [3.8, 4) is 0 Å². The van der Waals surface area contributed by atoms with Gasteiger partial charge in [-0.2, -0.15) is 0 Å². The Morgan fingerprint density at radius 2 is 1.96 bits per heavy atom. The zero-order valence-electron chi connectivity index (χ0n) is 13.4. The molecule has 2 fully saturated rings. The number of nitrogens with zero attached hydrogens (tertiary/aromatic N) is 2. The van der Waals surface area contributed by atoms with Gasteiger partial charge in [0.15, 0.2) is 11.6 Å². The molecule has 23 heavy (non-hydrogen) atoms. The fourth-order valence-corrected chi connectivity index (χ4v) is 2.94. The van der Waals surface area contributed by atoms with Crippen LogP contribution in [-0.2, 0) is 11.3 Å². The summed E-state index contributed by atoms with van der Waals surface area (Å²) in [6, 6.07) is 4.53. The predicted octanol–water partition coefficient (Wildman–Crippen LogP) is 1.75. The molecule has 0 bridgehead atoms. The molecule has 1 aliphatic carbocycles. The number of carbonyl (C=O) groups is 1. The van der Waals surface area contributed by atoms with Crippen molar-refractivity contribution in [1.29, 1.82) is 0 Å². The minimum atomic E-state index is -0.800. The average molecular weight is 323 g/mol. The van der Waals surface area contributed by atoms with Crippen molar-refractivity contribution in [1.82, 2.24) is 15.1 Å². The zero-order chi connectivity index (χ0) is 16.4. The van der Waals surface area contributed by atoms with E-state index in [1.54, 1.807) is 6.07 Å². The first kappa shape index (κ1) is 16.3. The molecule has 1 aromatic rings. The normalized spacial score (nSPS) is 21.2. The van der Waals surface area contributed by atoms with E-state index in [0.717, 1.165) is 45.1 Å². The third-order valence-corrected chi connectivity index (χ3v) is 4.68. The van der Waals surface area contributed by atoms with E-state index in [9.17, 15) is 13.6 Å². The Morgan fingerprint density at radius 1 is 1.26 bits per heavy atom. The maximum absolute atomic E-state index is 13.7. The second-order valence-electron chi connectivity index (χ2n) is 6.48. The lowest BCUT2D eigenvalue weighted by Gasteiger charge is -2.37. The molecule has 6 heteroatoms. The average Bonchev–Trinajstić information content (AvgIpc) is 3.36. The molecule has 2 aliphatic rings. The molecule has 1 saturated heterocycles. The van der Waals surface area contributed by atoms with Crippen molar-refractivity contribution >= 4 is 5.91 Å². The number of nitrogens with one attached hydrogen (secondary N) is 1. The molecular formula is C17H23F2N3O. The predicted molar refractivity (Wildman–Crippen MR) is 83.8 cm³/mol. The fraction of sp³-hybridized carbons (Fsp3) is 0.588. The first-order chi connectivity index (χ1) is 11.0. The molecule has 1 heterocycles. The molecule has 1 atom stereocenters. The second kappa shape index (κ2) is 6.93. The van der Waals surface area contributed by atoms with Crippen LogP contribution in [0.2, 0.25) is 0 Å². The molecule has 1 aromatic carbocycles. The van der Waals surface area contributed by atoms with Gasteiger partial charge in [-0.15, -0.1) is 0 Å². The number of carbonyl (C=O) groups excluding carboxylic acids is 1. The maximum atomic E-state index is 13.7. The molecule has 1 aliphatic heterocycles. The lowest BCUT2D eigenvalue weighted by atomic mass is 10.1. The number of amides is 1. The first-order valence-corrected chi connectivity index (χ1v) is 8.24. The van der Waals surface area contributed by atoms with Gasteiger partial charge in [-0.25, -0.2) is 8.78 Å². The van der Waals surface area contributed by atoms with Crippen molar-refractivity contribution in [3.63, 3.8) is 0 Å². The molecule has 1 saturated carbocycles. The Labute approximate surface area is 135 Å². The number of benzene rings is 1. The van der Waals surface area contributed by atoms with E-state index in [4.69, 9.17) is 0 Å². The van der Waals surface area contributed by atoms with Crippen molar-refractivity contribution in [2.45, 2.75) is 38.4 Å². The van der Waals surface area contributed by atoms with Gasteiger partial charge in [-0.1, -0.05) is 12.1 Å². The minimum absolute atomic E-state index is 0.0946. The lowest BCUT2D eigenvalue weighted by Crippen LogP contribution is -2.53. The van der Waals surface area contributed by atoms with Crippen LogP contribution in [0.5, 0.6) is 0 Å². The molecule has 1 amide bonds. The highest BCUT2D eigenvalue weighted by Gasteiger charge is 2.30. The maximum Gasteiger partial charge on any atom is 0.237 e. The highest BCUT2D eigenvalue weighted by atomic mass is 19.2. The highest BCUT2D eigenvalue weighted by Crippen LogP contribution is 2.20. The van der Waals surface area contributed by atoms with Gasteiger partial charge in [0, 0.05) is 44.3 Å². The minimum Gasteiger partial charge on any atom is -0.352 e. The SMILES string of the molecule is CC(C(=O)NC1CC1)N1CCN(Cc2cccc(F)c2F)CC1. The quantitative estimate of drug-likeness (QED) is 0.897.